The Morgan fingerprint density at radius 2 is 1.83 bits per heavy atom. The van der Waals surface area contributed by atoms with Gasteiger partial charge in [0.25, 0.3) is 0 Å². The van der Waals surface area contributed by atoms with Crippen LogP contribution >= 0.6 is 0 Å². The first-order valence-electron chi connectivity index (χ1n) is 7.20. The summed E-state index contributed by atoms with van der Waals surface area (Å²) in [5.41, 5.74) is -0.642. The van der Waals surface area contributed by atoms with Crippen molar-refractivity contribution in [2.75, 3.05) is 6.54 Å². The number of hydrogen-bond acceptors (Lipinski definition) is 2. The van der Waals surface area contributed by atoms with Crippen molar-refractivity contribution in [2.45, 2.75) is 70.3 Å². The number of nitrogens with zero attached hydrogens (tertiary/aromatic N) is 1. The number of hydrogen-bond donors (Lipinski definition) is 2. The molecule has 1 aliphatic rings. The van der Waals surface area contributed by atoms with Crippen LogP contribution < -0.4 is 10.6 Å². The predicted molar refractivity (Wildman–Crippen MR) is 72.1 cm³/mol. The highest BCUT2D eigenvalue weighted by Crippen LogP contribution is 2.25. The molecule has 4 heteroatoms. The lowest BCUT2D eigenvalue weighted by Crippen LogP contribution is -2.51. The van der Waals surface area contributed by atoms with Gasteiger partial charge in [-0.05, 0) is 19.3 Å². The van der Waals surface area contributed by atoms with E-state index >= 15 is 0 Å². The number of nitrogens with one attached hydrogen (secondary N) is 2. The SMILES string of the molecule is CCCCNC(=O)NC1(C#N)CCCCCCC1. The number of amides is 2. The van der Waals surface area contributed by atoms with E-state index in [9.17, 15) is 10.1 Å². The highest BCUT2D eigenvalue weighted by Gasteiger charge is 2.31. The Labute approximate surface area is 110 Å². The Bertz CT molecular complexity index is 288. The van der Waals surface area contributed by atoms with Gasteiger partial charge < -0.3 is 10.6 Å². The minimum absolute atomic E-state index is 0.189. The number of urea groups is 1. The lowest BCUT2D eigenvalue weighted by molar-refractivity contribution is 0.225. The van der Waals surface area contributed by atoms with Crippen molar-refractivity contribution < 1.29 is 4.79 Å². The molecule has 2 N–H and O–H groups in total. The Morgan fingerprint density at radius 3 is 2.39 bits per heavy atom. The molecule has 18 heavy (non-hydrogen) atoms. The summed E-state index contributed by atoms with van der Waals surface area (Å²) in [7, 11) is 0. The summed E-state index contributed by atoms with van der Waals surface area (Å²) in [6.07, 6.45) is 9.26. The van der Waals surface area contributed by atoms with Crippen molar-refractivity contribution in [1.82, 2.24) is 10.6 Å². The summed E-state index contributed by atoms with van der Waals surface area (Å²) in [5.74, 6) is 0. The van der Waals surface area contributed by atoms with E-state index < -0.39 is 5.54 Å². The fourth-order valence-corrected chi connectivity index (χ4v) is 2.41. The predicted octanol–water partition coefficient (Wildman–Crippen LogP) is 3.09. The van der Waals surface area contributed by atoms with Gasteiger partial charge in [0, 0.05) is 6.54 Å². The van der Waals surface area contributed by atoms with Gasteiger partial charge in [0.15, 0.2) is 0 Å². The molecule has 2 amide bonds. The highest BCUT2D eigenvalue weighted by atomic mass is 16.2. The first kappa shape index (κ1) is 14.8. The lowest BCUT2D eigenvalue weighted by atomic mass is 9.85. The van der Waals surface area contributed by atoms with E-state index in [1.165, 1.54) is 19.3 Å². The second kappa shape index (κ2) is 7.97. The van der Waals surface area contributed by atoms with Crippen LogP contribution in [-0.2, 0) is 0 Å². The Kier molecular flexibility index (Phi) is 6.56. The molecule has 1 saturated carbocycles. The molecular weight excluding hydrogens is 226 g/mol. The summed E-state index contributed by atoms with van der Waals surface area (Å²) in [4.78, 5) is 11.8. The molecule has 1 fully saturated rings. The van der Waals surface area contributed by atoms with Crippen molar-refractivity contribution in [3.63, 3.8) is 0 Å². The molecule has 0 aromatic rings. The molecule has 0 radical (unpaired) electrons. The van der Waals surface area contributed by atoms with Gasteiger partial charge in [-0.1, -0.05) is 45.4 Å². The van der Waals surface area contributed by atoms with Gasteiger partial charge in [-0.15, -0.1) is 0 Å². The average Bonchev–Trinajstić information content (AvgIpc) is 2.33. The van der Waals surface area contributed by atoms with Crippen LogP contribution in [0.5, 0.6) is 0 Å². The van der Waals surface area contributed by atoms with Gasteiger partial charge in [0.2, 0.25) is 0 Å². The largest absolute Gasteiger partial charge is 0.338 e. The molecule has 1 aliphatic carbocycles. The Balaban J connectivity index is 2.47. The molecular formula is C14H25N3O. The first-order valence-corrected chi connectivity index (χ1v) is 7.20. The fourth-order valence-electron chi connectivity index (χ4n) is 2.41. The van der Waals surface area contributed by atoms with E-state index in [0.29, 0.717) is 6.54 Å². The molecule has 0 atom stereocenters. The molecule has 0 aliphatic heterocycles. The normalized spacial score (nSPS) is 19.1. The minimum atomic E-state index is -0.642. The molecule has 4 nitrogen and oxygen atoms in total. The van der Waals surface area contributed by atoms with E-state index in [2.05, 4.69) is 23.6 Å². The van der Waals surface area contributed by atoms with E-state index in [-0.39, 0.29) is 6.03 Å². The zero-order chi connectivity index (χ0) is 13.3. The van der Waals surface area contributed by atoms with E-state index in [4.69, 9.17) is 0 Å². The minimum Gasteiger partial charge on any atom is -0.338 e. The maximum atomic E-state index is 11.8. The molecule has 102 valence electrons. The molecule has 0 aromatic heterocycles. The van der Waals surface area contributed by atoms with Crippen LogP contribution in [0.4, 0.5) is 4.79 Å². The maximum Gasteiger partial charge on any atom is 0.316 e. The van der Waals surface area contributed by atoms with Crippen LogP contribution in [0.15, 0.2) is 0 Å². The summed E-state index contributed by atoms with van der Waals surface area (Å²) in [5, 5.41) is 15.1. The average molecular weight is 251 g/mol. The second-order valence-corrected chi connectivity index (χ2v) is 5.20. The smallest absolute Gasteiger partial charge is 0.316 e. The highest BCUT2D eigenvalue weighted by molar-refractivity contribution is 5.75. The van der Waals surface area contributed by atoms with Crippen molar-refractivity contribution in [3.05, 3.63) is 0 Å². The van der Waals surface area contributed by atoms with E-state index in [1.54, 1.807) is 0 Å². The third-order valence-corrected chi connectivity index (χ3v) is 3.59. The van der Waals surface area contributed by atoms with Gasteiger partial charge in [-0.25, -0.2) is 4.79 Å². The second-order valence-electron chi connectivity index (χ2n) is 5.20. The number of carbonyl (C=O) groups is 1. The summed E-state index contributed by atoms with van der Waals surface area (Å²) in [6, 6.07) is 2.15. The third kappa shape index (κ3) is 4.95. The maximum absolute atomic E-state index is 11.8. The van der Waals surface area contributed by atoms with Crippen molar-refractivity contribution in [1.29, 1.82) is 5.26 Å². The van der Waals surface area contributed by atoms with Crippen LogP contribution in [0.1, 0.15) is 64.7 Å². The van der Waals surface area contributed by atoms with Crippen molar-refractivity contribution >= 4 is 6.03 Å². The summed E-state index contributed by atoms with van der Waals surface area (Å²) >= 11 is 0. The first-order chi connectivity index (χ1) is 8.72. The fraction of sp³-hybridized carbons (Fsp3) is 0.857. The Hall–Kier alpha value is -1.24. The molecule has 0 aromatic carbocycles. The zero-order valence-corrected chi connectivity index (χ0v) is 11.4. The van der Waals surface area contributed by atoms with Gasteiger partial charge >= 0.3 is 6.03 Å². The zero-order valence-electron chi connectivity index (χ0n) is 11.4. The molecule has 0 saturated heterocycles. The van der Waals surface area contributed by atoms with E-state index in [1.807, 2.05) is 0 Å². The van der Waals surface area contributed by atoms with Crippen molar-refractivity contribution in [3.8, 4) is 6.07 Å². The van der Waals surface area contributed by atoms with Crippen LogP contribution in [0.2, 0.25) is 0 Å². The van der Waals surface area contributed by atoms with Gasteiger partial charge in [-0.3, -0.25) is 0 Å². The van der Waals surface area contributed by atoms with Gasteiger partial charge in [0.05, 0.1) is 6.07 Å². The van der Waals surface area contributed by atoms with Crippen LogP contribution in [0.3, 0.4) is 0 Å². The molecule has 0 spiro atoms. The van der Waals surface area contributed by atoms with Gasteiger partial charge in [-0.2, -0.15) is 5.26 Å². The topological polar surface area (TPSA) is 64.9 Å². The summed E-state index contributed by atoms with van der Waals surface area (Å²) in [6.45, 7) is 2.77. The Morgan fingerprint density at radius 1 is 1.22 bits per heavy atom. The lowest BCUT2D eigenvalue weighted by Gasteiger charge is -2.29. The quantitative estimate of drug-likeness (QED) is 0.754. The van der Waals surface area contributed by atoms with Crippen LogP contribution in [0.25, 0.3) is 0 Å². The van der Waals surface area contributed by atoms with Crippen LogP contribution in [0, 0.1) is 11.3 Å². The van der Waals surface area contributed by atoms with Gasteiger partial charge in [0.1, 0.15) is 5.54 Å². The summed E-state index contributed by atoms with van der Waals surface area (Å²) < 4.78 is 0. The number of nitriles is 1. The molecule has 1 rings (SSSR count). The molecule has 0 heterocycles. The number of rotatable bonds is 4. The van der Waals surface area contributed by atoms with E-state index in [0.717, 1.165) is 38.5 Å². The van der Waals surface area contributed by atoms with Crippen molar-refractivity contribution in [2.24, 2.45) is 0 Å². The molecule has 0 bridgehead atoms. The molecule has 0 unspecified atom stereocenters. The number of carbonyl (C=O) groups excluding carboxylic acids is 1. The standard InChI is InChI=1S/C14H25N3O/c1-2-3-11-16-13(18)17-14(12-15)9-7-5-4-6-8-10-14/h2-11H2,1H3,(H2,16,17,18). The third-order valence-electron chi connectivity index (χ3n) is 3.59. The van der Waals surface area contributed by atoms with Crippen LogP contribution in [-0.4, -0.2) is 18.1 Å². The number of unbranched alkanes of at least 4 members (excludes halogenated alkanes) is 1. The monoisotopic (exact) mass is 251 g/mol.